The molecule has 0 radical (unpaired) electrons. The number of amides is 1. The molecular formula is C13H18N2O3. The van der Waals surface area contributed by atoms with Crippen molar-refractivity contribution in [3.8, 4) is 5.75 Å². The number of aromatic nitrogens is 1. The Labute approximate surface area is 107 Å². The second-order valence-electron chi connectivity index (χ2n) is 4.38. The zero-order valence-electron chi connectivity index (χ0n) is 11.1. The zero-order valence-corrected chi connectivity index (χ0v) is 11.1. The molecular weight excluding hydrogens is 232 g/mol. The third kappa shape index (κ3) is 3.84. The highest BCUT2D eigenvalue weighted by atomic mass is 16.5. The lowest BCUT2D eigenvalue weighted by molar-refractivity contribution is -0.127. The van der Waals surface area contributed by atoms with Gasteiger partial charge in [-0.1, -0.05) is 0 Å². The van der Waals surface area contributed by atoms with Crippen LogP contribution in [0.25, 0.3) is 0 Å². The minimum atomic E-state index is -0.671. The van der Waals surface area contributed by atoms with E-state index in [0.29, 0.717) is 12.0 Å². The molecule has 1 aromatic rings. The van der Waals surface area contributed by atoms with Gasteiger partial charge >= 0.3 is 0 Å². The van der Waals surface area contributed by atoms with Crippen LogP contribution in [0.15, 0.2) is 12.1 Å². The number of pyridine rings is 1. The molecule has 0 aliphatic rings. The molecule has 1 amide bonds. The molecule has 1 unspecified atom stereocenters. The maximum Gasteiger partial charge on any atom is 0.260 e. The molecule has 98 valence electrons. The van der Waals surface area contributed by atoms with Crippen LogP contribution < -0.4 is 10.1 Å². The van der Waals surface area contributed by atoms with Crippen LogP contribution in [0, 0.1) is 6.92 Å². The van der Waals surface area contributed by atoms with E-state index in [0.717, 1.165) is 5.69 Å². The molecule has 1 aromatic heterocycles. The fraction of sp³-hybridized carbons (Fsp3) is 0.462. The van der Waals surface area contributed by atoms with E-state index in [9.17, 15) is 9.59 Å². The van der Waals surface area contributed by atoms with E-state index in [1.54, 1.807) is 26.0 Å². The maximum atomic E-state index is 11.7. The van der Waals surface area contributed by atoms with Crippen LogP contribution >= 0.6 is 0 Å². The summed E-state index contributed by atoms with van der Waals surface area (Å²) in [5.41, 5.74) is 0.933. The summed E-state index contributed by atoms with van der Waals surface area (Å²) in [5, 5.41) is 2.74. The maximum absolute atomic E-state index is 11.7. The van der Waals surface area contributed by atoms with Crippen molar-refractivity contribution in [1.29, 1.82) is 0 Å². The van der Waals surface area contributed by atoms with Crippen LogP contribution in [-0.2, 0) is 4.79 Å². The molecule has 0 aliphatic heterocycles. The first-order chi connectivity index (χ1) is 8.43. The second kappa shape index (κ2) is 6.14. The number of aryl methyl sites for hydroxylation is 1. The lowest BCUT2D eigenvalue weighted by atomic mass is 10.3. The van der Waals surface area contributed by atoms with Gasteiger partial charge in [0.25, 0.3) is 5.91 Å². The Balaban J connectivity index is 2.78. The van der Waals surface area contributed by atoms with Crippen molar-refractivity contribution in [3.63, 3.8) is 0 Å². The highest BCUT2D eigenvalue weighted by Crippen LogP contribution is 2.16. The molecule has 0 spiro atoms. The first-order valence-electron chi connectivity index (χ1n) is 5.84. The van der Waals surface area contributed by atoms with Crippen LogP contribution in [0.5, 0.6) is 5.75 Å². The normalized spacial score (nSPS) is 12.1. The van der Waals surface area contributed by atoms with Gasteiger partial charge in [-0.2, -0.15) is 0 Å². The number of carbonyl (C=O) groups is 2. The SMILES string of the molecule is Cc1ccc(OC(C)C(=O)NC(C)C)c(C=O)n1. The summed E-state index contributed by atoms with van der Waals surface area (Å²) in [5.74, 6) is 0.101. The number of hydrogen-bond acceptors (Lipinski definition) is 4. The van der Waals surface area contributed by atoms with Crippen molar-refractivity contribution >= 4 is 12.2 Å². The fourth-order valence-electron chi connectivity index (χ4n) is 1.39. The number of hydrogen-bond donors (Lipinski definition) is 1. The van der Waals surface area contributed by atoms with Crippen molar-refractivity contribution in [2.24, 2.45) is 0 Å². The van der Waals surface area contributed by atoms with E-state index in [2.05, 4.69) is 10.3 Å². The summed E-state index contributed by atoms with van der Waals surface area (Å²) >= 11 is 0. The van der Waals surface area contributed by atoms with Gasteiger partial charge in [0.05, 0.1) is 0 Å². The summed E-state index contributed by atoms with van der Waals surface area (Å²) in [7, 11) is 0. The van der Waals surface area contributed by atoms with Gasteiger partial charge in [0.2, 0.25) is 0 Å². The van der Waals surface area contributed by atoms with Gasteiger partial charge in [-0.3, -0.25) is 9.59 Å². The van der Waals surface area contributed by atoms with Crippen LogP contribution in [0.3, 0.4) is 0 Å². The fourth-order valence-corrected chi connectivity index (χ4v) is 1.39. The minimum Gasteiger partial charge on any atom is -0.479 e. The van der Waals surface area contributed by atoms with Crippen molar-refractivity contribution in [2.75, 3.05) is 0 Å². The quantitative estimate of drug-likeness (QED) is 0.804. The van der Waals surface area contributed by atoms with Crippen LogP contribution in [-0.4, -0.2) is 29.3 Å². The number of aldehydes is 1. The molecule has 0 aliphatic carbocycles. The summed E-state index contributed by atoms with van der Waals surface area (Å²) in [6, 6.07) is 3.42. The largest absolute Gasteiger partial charge is 0.479 e. The molecule has 1 rings (SSSR count). The molecule has 1 N–H and O–H groups in total. The number of nitrogens with one attached hydrogen (secondary N) is 1. The topological polar surface area (TPSA) is 68.3 Å². The summed E-state index contributed by atoms with van der Waals surface area (Å²) in [6.07, 6.45) is -0.0503. The summed E-state index contributed by atoms with van der Waals surface area (Å²) in [4.78, 5) is 26.6. The van der Waals surface area contributed by atoms with Crippen molar-refractivity contribution in [3.05, 3.63) is 23.5 Å². The Morgan fingerprint density at radius 1 is 1.39 bits per heavy atom. The average molecular weight is 250 g/mol. The summed E-state index contributed by atoms with van der Waals surface area (Å²) < 4.78 is 5.45. The Bertz CT molecular complexity index is 444. The smallest absolute Gasteiger partial charge is 0.260 e. The highest BCUT2D eigenvalue weighted by Gasteiger charge is 2.17. The number of carbonyl (C=O) groups excluding carboxylic acids is 2. The molecule has 0 saturated carbocycles. The van der Waals surface area contributed by atoms with E-state index >= 15 is 0 Å². The number of ether oxygens (including phenoxy) is 1. The van der Waals surface area contributed by atoms with Gasteiger partial charge in [0.15, 0.2) is 12.4 Å². The van der Waals surface area contributed by atoms with E-state index in [-0.39, 0.29) is 17.6 Å². The molecule has 1 heterocycles. The summed E-state index contributed by atoms with van der Waals surface area (Å²) in [6.45, 7) is 7.15. The second-order valence-corrected chi connectivity index (χ2v) is 4.38. The van der Waals surface area contributed by atoms with Crippen molar-refractivity contribution in [1.82, 2.24) is 10.3 Å². The first-order valence-corrected chi connectivity index (χ1v) is 5.84. The van der Waals surface area contributed by atoms with Crippen LogP contribution in [0.2, 0.25) is 0 Å². The number of rotatable bonds is 5. The Morgan fingerprint density at radius 2 is 2.06 bits per heavy atom. The zero-order chi connectivity index (χ0) is 13.7. The van der Waals surface area contributed by atoms with E-state index in [1.165, 1.54) is 0 Å². The van der Waals surface area contributed by atoms with Crippen LogP contribution in [0.1, 0.15) is 37.0 Å². The Morgan fingerprint density at radius 3 is 2.61 bits per heavy atom. The van der Waals surface area contributed by atoms with Gasteiger partial charge < -0.3 is 10.1 Å². The van der Waals surface area contributed by atoms with Crippen molar-refractivity contribution in [2.45, 2.75) is 39.8 Å². The van der Waals surface area contributed by atoms with E-state index < -0.39 is 6.10 Å². The monoisotopic (exact) mass is 250 g/mol. The van der Waals surface area contributed by atoms with Gasteiger partial charge in [-0.15, -0.1) is 0 Å². The third-order valence-electron chi connectivity index (χ3n) is 2.24. The average Bonchev–Trinajstić information content (AvgIpc) is 2.30. The van der Waals surface area contributed by atoms with Gasteiger partial charge in [-0.25, -0.2) is 4.98 Å². The molecule has 0 bridgehead atoms. The molecule has 5 heteroatoms. The number of nitrogens with zero attached hydrogens (tertiary/aromatic N) is 1. The third-order valence-corrected chi connectivity index (χ3v) is 2.24. The van der Waals surface area contributed by atoms with E-state index in [4.69, 9.17) is 4.74 Å². The molecule has 18 heavy (non-hydrogen) atoms. The van der Waals surface area contributed by atoms with Crippen LogP contribution in [0.4, 0.5) is 0 Å². The molecule has 0 saturated heterocycles. The van der Waals surface area contributed by atoms with Gasteiger partial charge in [0, 0.05) is 11.7 Å². The Kier molecular flexibility index (Phi) is 4.83. The van der Waals surface area contributed by atoms with Gasteiger partial charge in [-0.05, 0) is 39.8 Å². The molecule has 1 atom stereocenters. The standard InChI is InChI=1S/C13H18N2O3/c1-8(2)14-13(17)10(4)18-12-6-5-9(3)15-11(12)7-16/h5-8,10H,1-4H3,(H,14,17). The molecule has 0 fully saturated rings. The molecule has 5 nitrogen and oxygen atoms in total. The Hall–Kier alpha value is -1.91. The lowest BCUT2D eigenvalue weighted by Crippen LogP contribution is -2.40. The van der Waals surface area contributed by atoms with Crippen molar-refractivity contribution < 1.29 is 14.3 Å². The van der Waals surface area contributed by atoms with Gasteiger partial charge in [0.1, 0.15) is 11.4 Å². The lowest BCUT2D eigenvalue weighted by Gasteiger charge is -2.17. The predicted molar refractivity (Wildman–Crippen MR) is 67.7 cm³/mol. The minimum absolute atomic E-state index is 0.0465. The highest BCUT2D eigenvalue weighted by molar-refractivity contribution is 5.81. The first kappa shape index (κ1) is 14.2. The van der Waals surface area contributed by atoms with E-state index in [1.807, 2.05) is 13.8 Å². The molecule has 0 aromatic carbocycles. The predicted octanol–water partition coefficient (Wildman–Crippen LogP) is 1.49.